The van der Waals surface area contributed by atoms with Gasteiger partial charge in [0.05, 0.1) is 0 Å². The Morgan fingerprint density at radius 3 is 1.50 bits per heavy atom. The summed E-state index contributed by atoms with van der Waals surface area (Å²) in [6.45, 7) is 5.05. The molecule has 2 heteroatoms. The van der Waals surface area contributed by atoms with Gasteiger partial charge in [0.1, 0.15) is 0 Å². The first kappa shape index (κ1) is 18.2. The summed E-state index contributed by atoms with van der Waals surface area (Å²) in [6.07, 6.45) is 2.10. The molecule has 0 bridgehead atoms. The minimum atomic E-state index is 0.806. The molecule has 0 fully saturated rings. The Labute approximate surface area is 157 Å². The van der Waals surface area contributed by atoms with Gasteiger partial charge in [-0.1, -0.05) is 47.5 Å². The van der Waals surface area contributed by atoms with Gasteiger partial charge < -0.3 is 9.64 Å². The molecule has 0 aliphatic carbocycles. The monoisotopic (exact) mass is 345 g/mol. The van der Waals surface area contributed by atoms with Crippen LogP contribution >= 0.6 is 0 Å². The van der Waals surface area contributed by atoms with Crippen LogP contribution in [0.5, 0.6) is 0 Å². The van der Waals surface area contributed by atoms with E-state index in [9.17, 15) is 0 Å². The largest absolute Gasteiger partial charge is 0.385 e. The first-order valence-corrected chi connectivity index (χ1v) is 9.19. The summed E-state index contributed by atoms with van der Waals surface area (Å²) in [6, 6.07) is 26.2. The van der Waals surface area contributed by atoms with E-state index in [0.717, 1.165) is 19.4 Å². The normalized spacial score (nSPS) is 10.7. The van der Waals surface area contributed by atoms with Crippen LogP contribution < -0.4 is 4.90 Å². The molecule has 0 aromatic heterocycles. The molecular weight excluding hydrogens is 318 g/mol. The number of ether oxygens (including phenoxy) is 1. The summed E-state index contributed by atoms with van der Waals surface area (Å²) in [7, 11) is 1.75. The number of methoxy groups -OCH3 is 1. The van der Waals surface area contributed by atoms with Gasteiger partial charge in [0.15, 0.2) is 0 Å². The van der Waals surface area contributed by atoms with Gasteiger partial charge in [-0.15, -0.1) is 0 Å². The molecular formula is C24H27NO. The molecule has 134 valence electrons. The highest BCUT2D eigenvalue weighted by molar-refractivity contribution is 5.76. The molecule has 0 radical (unpaired) electrons. The standard InChI is InChI=1S/C24H27NO/c1-19-6-12-22(13-7-19)25(23-14-8-20(2)9-15-23)24-16-10-21(11-17-24)5-4-18-26-3/h6-17H,4-5,18H2,1-3H3. The second-order valence-corrected chi connectivity index (χ2v) is 6.77. The molecule has 3 aromatic carbocycles. The van der Waals surface area contributed by atoms with Crippen molar-refractivity contribution in [3.8, 4) is 0 Å². The van der Waals surface area contributed by atoms with Crippen LogP contribution in [0.2, 0.25) is 0 Å². The van der Waals surface area contributed by atoms with Gasteiger partial charge in [0, 0.05) is 30.8 Å². The fourth-order valence-electron chi connectivity index (χ4n) is 3.07. The van der Waals surface area contributed by atoms with E-state index in [1.807, 2.05) is 0 Å². The average molecular weight is 345 g/mol. The van der Waals surface area contributed by atoms with Crippen LogP contribution in [0.25, 0.3) is 0 Å². The lowest BCUT2D eigenvalue weighted by molar-refractivity contribution is 0.195. The quantitative estimate of drug-likeness (QED) is 0.462. The van der Waals surface area contributed by atoms with Crippen molar-refractivity contribution in [1.82, 2.24) is 0 Å². The number of nitrogens with zero attached hydrogens (tertiary/aromatic N) is 1. The molecule has 2 nitrogen and oxygen atoms in total. The van der Waals surface area contributed by atoms with E-state index in [0.29, 0.717) is 0 Å². The highest BCUT2D eigenvalue weighted by Crippen LogP contribution is 2.34. The van der Waals surface area contributed by atoms with Crippen LogP contribution in [-0.2, 0) is 11.2 Å². The van der Waals surface area contributed by atoms with Crippen molar-refractivity contribution in [1.29, 1.82) is 0 Å². The zero-order valence-electron chi connectivity index (χ0n) is 15.9. The maximum absolute atomic E-state index is 5.15. The summed E-state index contributed by atoms with van der Waals surface area (Å²) in [5.74, 6) is 0. The van der Waals surface area contributed by atoms with E-state index in [1.54, 1.807) is 7.11 Å². The molecule has 0 heterocycles. The minimum absolute atomic E-state index is 0.806. The Kier molecular flexibility index (Phi) is 6.08. The third-order valence-electron chi connectivity index (χ3n) is 4.59. The van der Waals surface area contributed by atoms with E-state index in [1.165, 1.54) is 33.8 Å². The van der Waals surface area contributed by atoms with Crippen molar-refractivity contribution in [3.63, 3.8) is 0 Å². The fraction of sp³-hybridized carbons (Fsp3) is 0.250. The number of anilines is 3. The molecule has 3 aromatic rings. The molecule has 26 heavy (non-hydrogen) atoms. The summed E-state index contributed by atoms with van der Waals surface area (Å²) < 4.78 is 5.15. The van der Waals surface area contributed by atoms with E-state index in [-0.39, 0.29) is 0 Å². The predicted molar refractivity (Wildman–Crippen MR) is 111 cm³/mol. The summed E-state index contributed by atoms with van der Waals surface area (Å²) in [4.78, 5) is 2.30. The first-order valence-electron chi connectivity index (χ1n) is 9.19. The number of rotatable bonds is 7. The second-order valence-electron chi connectivity index (χ2n) is 6.77. The van der Waals surface area contributed by atoms with Gasteiger partial charge in [0.25, 0.3) is 0 Å². The Morgan fingerprint density at radius 2 is 1.08 bits per heavy atom. The Hall–Kier alpha value is -2.58. The topological polar surface area (TPSA) is 12.5 Å². The van der Waals surface area contributed by atoms with Crippen LogP contribution in [-0.4, -0.2) is 13.7 Å². The molecule has 0 atom stereocenters. The van der Waals surface area contributed by atoms with Gasteiger partial charge in [-0.25, -0.2) is 0 Å². The van der Waals surface area contributed by atoms with Crippen LogP contribution in [0.1, 0.15) is 23.1 Å². The van der Waals surface area contributed by atoms with Crippen LogP contribution in [0.3, 0.4) is 0 Å². The van der Waals surface area contributed by atoms with E-state index in [2.05, 4.69) is 91.5 Å². The van der Waals surface area contributed by atoms with Gasteiger partial charge in [-0.2, -0.15) is 0 Å². The predicted octanol–water partition coefficient (Wildman–Crippen LogP) is 6.35. The maximum Gasteiger partial charge on any atom is 0.0465 e. The lowest BCUT2D eigenvalue weighted by Gasteiger charge is -2.26. The Bertz CT molecular complexity index is 759. The third kappa shape index (κ3) is 4.53. The van der Waals surface area contributed by atoms with Crippen molar-refractivity contribution >= 4 is 17.1 Å². The molecule has 0 aliphatic rings. The van der Waals surface area contributed by atoms with Gasteiger partial charge in [0.2, 0.25) is 0 Å². The lowest BCUT2D eigenvalue weighted by atomic mass is 10.1. The maximum atomic E-state index is 5.15. The molecule has 3 rings (SSSR count). The van der Waals surface area contributed by atoms with Gasteiger partial charge in [-0.05, 0) is 68.7 Å². The third-order valence-corrected chi connectivity index (χ3v) is 4.59. The summed E-state index contributed by atoms with van der Waals surface area (Å²) in [5, 5.41) is 0. The number of hydrogen-bond donors (Lipinski definition) is 0. The highest BCUT2D eigenvalue weighted by atomic mass is 16.5. The smallest absolute Gasteiger partial charge is 0.0465 e. The Morgan fingerprint density at radius 1 is 0.654 bits per heavy atom. The zero-order chi connectivity index (χ0) is 18.4. The molecule has 0 spiro atoms. The number of benzene rings is 3. The summed E-state index contributed by atoms with van der Waals surface area (Å²) >= 11 is 0. The van der Waals surface area contributed by atoms with E-state index < -0.39 is 0 Å². The van der Waals surface area contributed by atoms with Crippen molar-refractivity contribution in [2.75, 3.05) is 18.6 Å². The molecule has 0 N–H and O–H groups in total. The lowest BCUT2D eigenvalue weighted by Crippen LogP contribution is -2.10. The molecule has 0 amide bonds. The van der Waals surface area contributed by atoms with Crippen molar-refractivity contribution < 1.29 is 4.74 Å². The molecule has 0 aliphatic heterocycles. The van der Waals surface area contributed by atoms with E-state index in [4.69, 9.17) is 4.74 Å². The van der Waals surface area contributed by atoms with Crippen molar-refractivity contribution in [3.05, 3.63) is 89.5 Å². The SMILES string of the molecule is COCCCc1ccc(N(c2ccc(C)cc2)c2ccc(C)cc2)cc1. The van der Waals surface area contributed by atoms with Crippen LogP contribution in [0.4, 0.5) is 17.1 Å². The van der Waals surface area contributed by atoms with Crippen molar-refractivity contribution in [2.24, 2.45) is 0 Å². The minimum Gasteiger partial charge on any atom is -0.385 e. The van der Waals surface area contributed by atoms with Crippen LogP contribution in [0, 0.1) is 13.8 Å². The molecule has 0 saturated heterocycles. The molecule has 0 saturated carbocycles. The second kappa shape index (κ2) is 8.68. The number of hydrogen-bond acceptors (Lipinski definition) is 2. The zero-order valence-corrected chi connectivity index (χ0v) is 15.9. The van der Waals surface area contributed by atoms with Gasteiger partial charge >= 0.3 is 0 Å². The fourth-order valence-corrected chi connectivity index (χ4v) is 3.07. The highest BCUT2D eigenvalue weighted by Gasteiger charge is 2.12. The van der Waals surface area contributed by atoms with Crippen LogP contribution in [0.15, 0.2) is 72.8 Å². The molecule has 0 unspecified atom stereocenters. The number of aryl methyl sites for hydroxylation is 3. The van der Waals surface area contributed by atoms with Crippen molar-refractivity contribution in [2.45, 2.75) is 26.7 Å². The summed E-state index contributed by atoms with van der Waals surface area (Å²) in [5.41, 5.74) is 7.40. The van der Waals surface area contributed by atoms with Gasteiger partial charge in [-0.3, -0.25) is 0 Å². The first-order chi connectivity index (χ1) is 12.7. The Balaban J connectivity index is 1.92. The van der Waals surface area contributed by atoms with E-state index >= 15 is 0 Å². The average Bonchev–Trinajstić information content (AvgIpc) is 2.66.